The van der Waals surface area contributed by atoms with Crippen molar-refractivity contribution in [1.29, 1.82) is 10.5 Å². The second-order valence-corrected chi connectivity index (χ2v) is 20.1. The number of nitriles is 2. The Morgan fingerprint density at radius 1 is 0.531 bits per heavy atom. The van der Waals surface area contributed by atoms with Gasteiger partial charge >= 0.3 is 36.4 Å². The highest BCUT2D eigenvalue weighted by Crippen LogP contribution is 2.44. The first-order valence-electron chi connectivity index (χ1n) is 27.8. The quantitative estimate of drug-likeness (QED) is 0.0323. The summed E-state index contributed by atoms with van der Waals surface area (Å²) in [6.45, 7) is 11.7. The van der Waals surface area contributed by atoms with Crippen molar-refractivity contribution in [1.82, 2.24) is 14.7 Å². The van der Waals surface area contributed by atoms with Crippen LogP contribution in [0.15, 0.2) is 120 Å². The maximum absolute atomic E-state index is 14.5. The molecule has 0 radical (unpaired) electrons. The summed E-state index contributed by atoms with van der Waals surface area (Å²) in [6.07, 6.45) is 0.963. The van der Waals surface area contributed by atoms with Crippen LogP contribution < -0.4 is 9.80 Å². The van der Waals surface area contributed by atoms with Crippen molar-refractivity contribution in [2.24, 2.45) is 0 Å². The molecule has 2 unspecified atom stereocenters. The van der Waals surface area contributed by atoms with Crippen LogP contribution in [0, 0.1) is 22.7 Å². The molecule has 4 aromatic carbocycles. The molecule has 0 fully saturated rings. The van der Waals surface area contributed by atoms with Gasteiger partial charge in [0.05, 0.1) is 82.2 Å². The van der Waals surface area contributed by atoms with Gasteiger partial charge in [-0.3, -0.25) is 9.80 Å². The van der Waals surface area contributed by atoms with Crippen LogP contribution in [-0.4, -0.2) is 84.6 Å². The Labute approximate surface area is 471 Å². The van der Waals surface area contributed by atoms with Gasteiger partial charge in [-0.2, -0.15) is 36.9 Å². The summed E-state index contributed by atoms with van der Waals surface area (Å²) in [5.41, 5.74) is 0.487. The predicted molar refractivity (Wildman–Crippen MR) is 296 cm³/mol. The molecular weight excluding hydrogens is 1050 g/mol. The van der Waals surface area contributed by atoms with Crippen molar-refractivity contribution in [3.63, 3.8) is 0 Å². The van der Waals surface area contributed by atoms with E-state index in [9.17, 15) is 56.0 Å². The number of allylic oxidation sites excluding steroid dienone is 2. The largest absolute Gasteiger partial charge is 0.463 e. The number of halogens is 6. The van der Waals surface area contributed by atoms with E-state index in [1.165, 1.54) is 47.9 Å². The van der Waals surface area contributed by atoms with Gasteiger partial charge in [0.2, 0.25) is 0 Å². The fraction of sp³-hybridized carbons (Fsp3) is 0.452. The lowest BCUT2D eigenvalue weighted by molar-refractivity contribution is -0.140. The van der Waals surface area contributed by atoms with Crippen LogP contribution in [0.25, 0.3) is 0 Å². The molecule has 2 aliphatic rings. The Bertz CT molecular complexity index is 2770. The molecule has 6 rings (SSSR count). The van der Waals surface area contributed by atoms with Crippen LogP contribution in [0.3, 0.4) is 0 Å². The van der Waals surface area contributed by atoms with E-state index in [-0.39, 0.29) is 60.2 Å². The van der Waals surface area contributed by atoms with Crippen LogP contribution in [0.5, 0.6) is 0 Å². The number of unbranched alkanes of at least 4 members (excludes halogenated alkanes) is 10. The fourth-order valence-electron chi connectivity index (χ4n) is 10.6. The molecule has 4 aromatic rings. The Hall–Kier alpha value is -7.64. The molecule has 0 N–H and O–H groups in total. The summed E-state index contributed by atoms with van der Waals surface area (Å²) >= 11 is 0. The van der Waals surface area contributed by atoms with Crippen molar-refractivity contribution in [2.75, 3.05) is 55.7 Å². The summed E-state index contributed by atoms with van der Waals surface area (Å²) in [6, 6.07) is 23.1. The van der Waals surface area contributed by atoms with Gasteiger partial charge in [-0.25, -0.2) is 19.2 Å². The predicted octanol–water partition coefficient (Wildman–Crippen LogP) is 14.8. The zero-order chi connectivity index (χ0) is 58.9. The number of rotatable bonds is 27. The molecule has 13 nitrogen and oxygen atoms in total. The van der Waals surface area contributed by atoms with Crippen molar-refractivity contribution in [3.05, 3.63) is 153 Å². The molecule has 0 aliphatic carbocycles. The molecule has 2 atom stereocenters. The van der Waals surface area contributed by atoms with Gasteiger partial charge in [-0.15, -0.1) is 0 Å². The third-order valence-electron chi connectivity index (χ3n) is 14.8. The van der Waals surface area contributed by atoms with Gasteiger partial charge in [0.15, 0.2) is 0 Å². The summed E-state index contributed by atoms with van der Waals surface area (Å²) in [5, 5.41) is 19.0. The maximum atomic E-state index is 14.5. The third-order valence-corrected chi connectivity index (χ3v) is 14.8. The minimum absolute atomic E-state index is 0.0336. The van der Waals surface area contributed by atoms with E-state index in [0.717, 1.165) is 118 Å². The zero-order valence-corrected chi connectivity index (χ0v) is 46.7. The third kappa shape index (κ3) is 15.8. The van der Waals surface area contributed by atoms with Gasteiger partial charge in [-0.1, -0.05) is 94.7 Å². The first-order valence-corrected chi connectivity index (χ1v) is 27.8. The Kier molecular flexibility index (Phi) is 22.5. The lowest BCUT2D eigenvalue weighted by Crippen LogP contribution is -2.51. The average Bonchev–Trinajstić information content (AvgIpc) is 3.55. The zero-order valence-electron chi connectivity index (χ0n) is 46.7. The number of hydrogen-bond donors (Lipinski definition) is 0. The van der Waals surface area contributed by atoms with E-state index in [2.05, 4.69) is 24.0 Å². The number of urea groups is 2. The molecule has 432 valence electrons. The normalized spacial score (nSPS) is 16.1. The van der Waals surface area contributed by atoms with E-state index in [4.69, 9.17) is 9.47 Å². The van der Waals surface area contributed by atoms with Gasteiger partial charge in [0.25, 0.3) is 0 Å². The molecule has 0 aromatic heterocycles. The number of benzene rings is 4. The lowest BCUT2D eigenvalue weighted by atomic mass is 9.91. The molecular formula is C62H71F6N7O6. The standard InChI is InChI=1S/C62H71F6N7O6/c1-6-71(35-17-13-9-11-15-19-37-72-55(47-31-27-45(41-69)28-32-47)53(57(76)80-7-2)43(4)74(59(72)78)51-25-21-23-49(39-51)61(63,64)65)36-18-14-10-12-16-20-38-73-56(48-33-29-46(42-70)30-34-48)54(58(77)81-8-3)44(5)75(60(73)79)52-26-22-24-50(40-52)62(66,67)68/h21-34,39-40,55-56H,6-20,35-38H2,1-5H3. The van der Waals surface area contributed by atoms with Crippen molar-refractivity contribution in [2.45, 2.75) is 136 Å². The number of hydrogen-bond acceptors (Lipinski definition) is 9. The van der Waals surface area contributed by atoms with Crippen LogP contribution in [-0.2, 0) is 31.4 Å². The highest BCUT2D eigenvalue weighted by atomic mass is 19.4. The smallest absolute Gasteiger partial charge is 0.416 e. The number of carbonyl (C=O) groups excluding carboxylic acids is 4. The number of anilines is 2. The molecule has 2 heterocycles. The van der Waals surface area contributed by atoms with E-state index >= 15 is 0 Å². The first-order chi connectivity index (χ1) is 38.8. The second-order valence-electron chi connectivity index (χ2n) is 20.1. The number of nitrogens with zero attached hydrogens (tertiary/aromatic N) is 7. The molecule has 81 heavy (non-hydrogen) atoms. The van der Waals surface area contributed by atoms with Crippen molar-refractivity contribution in [3.8, 4) is 12.1 Å². The molecule has 0 bridgehead atoms. The number of esters is 2. The molecule has 4 amide bonds. The van der Waals surface area contributed by atoms with E-state index in [1.54, 1.807) is 62.4 Å². The highest BCUT2D eigenvalue weighted by Gasteiger charge is 2.45. The van der Waals surface area contributed by atoms with E-state index < -0.39 is 59.6 Å². The molecule has 2 aliphatic heterocycles. The molecule has 19 heteroatoms. The average molecular weight is 1120 g/mol. The minimum atomic E-state index is -4.67. The Morgan fingerprint density at radius 3 is 1.20 bits per heavy atom. The number of ether oxygens (including phenoxy) is 2. The number of alkyl halides is 6. The molecule has 0 spiro atoms. The monoisotopic (exact) mass is 1120 g/mol. The maximum Gasteiger partial charge on any atom is 0.416 e. The summed E-state index contributed by atoms with van der Waals surface area (Å²) in [7, 11) is 0. The van der Waals surface area contributed by atoms with Crippen molar-refractivity contribution >= 4 is 35.4 Å². The topological polar surface area (TPSA) is 151 Å². The van der Waals surface area contributed by atoms with Crippen molar-refractivity contribution < 1.29 is 55.0 Å². The van der Waals surface area contributed by atoms with Gasteiger partial charge in [-0.05, 0) is 145 Å². The van der Waals surface area contributed by atoms with Crippen LogP contribution in [0.1, 0.15) is 157 Å². The Balaban J connectivity index is 0.989. The Morgan fingerprint density at radius 2 is 0.877 bits per heavy atom. The summed E-state index contributed by atoms with van der Waals surface area (Å²) in [5.74, 6) is -1.40. The molecule has 0 saturated heterocycles. The SMILES string of the molecule is CCOC(=O)C1=C(C)N(c2cccc(C(F)(F)F)c2)C(=O)N(CCCCCCCCN(CC)CCCCCCCCN2C(=O)N(c3cccc(C(F)(F)F)c3)C(C)=C(C(=O)OCC)C2c2ccc(C#N)cc2)C1c1ccc(C#N)cc1. The summed E-state index contributed by atoms with van der Waals surface area (Å²) in [4.78, 5) is 64.2. The first kappa shape index (κ1) is 62.6. The molecule has 0 saturated carbocycles. The van der Waals surface area contributed by atoms with Crippen LogP contribution in [0.2, 0.25) is 0 Å². The minimum Gasteiger partial charge on any atom is -0.463 e. The van der Waals surface area contributed by atoms with E-state index in [0.29, 0.717) is 35.1 Å². The van der Waals surface area contributed by atoms with E-state index in [1.807, 2.05) is 0 Å². The lowest BCUT2D eigenvalue weighted by Gasteiger charge is -2.43. The number of amides is 4. The van der Waals surface area contributed by atoms with Crippen LogP contribution >= 0.6 is 0 Å². The van der Waals surface area contributed by atoms with Crippen LogP contribution in [0.4, 0.5) is 47.3 Å². The van der Waals surface area contributed by atoms with Gasteiger partial charge in [0.1, 0.15) is 0 Å². The number of carbonyl (C=O) groups is 4. The fourth-order valence-corrected chi connectivity index (χ4v) is 10.6. The van der Waals surface area contributed by atoms with Gasteiger partial charge < -0.3 is 24.2 Å². The van der Waals surface area contributed by atoms with Gasteiger partial charge in [0, 0.05) is 24.5 Å². The summed E-state index contributed by atoms with van der Waals surface area (Å²) < 4.78 is 94.2. The second kappa shape index (κ2) is 29.2. The highest BCUT2D eigenvalue weighted by molar-refractivity contribution is 6.04.